The third-order valence-electron chi connectivity index (χ3n) is 5.80. The van der Waals surface area contributed by atoms with Gasteiger partial charge in [-0.25, -0.2) is 0 Å². The molecule has 1 aromatic rings. The van der Waals surface area contributed by atoms with Crippen molar-refractivity contribution in [2.75, 3.05) is 21.1 Å². The predicted molar refractivity (Wildman–Crippen MR) is 90.0 cm³/mol. The van der Waals surface area contributed by atoms with Gasteiger partial charge in [0.05, 0.1) is 11.6 Å². The first-order chi connectivity index (χ1) is 11.0. The van der Waals surface area contributed by atoms with Crippen molar-refractivity contribution in [2.24, 2.45) is 11.8 Å². The van der Waals surface area contributed by atoms with E-state index in [1.54, 1.807) is 24.3 Å². The summed E-state index contributed by atoms with van der Waals surface area (Å²) >= 11 is 0. The topological polar surface area (TPSA) is 47.3 Å². The summed E-state index contributed by atoms with van der Waals surface area (Å²) in [6.07, 6.45) is 4.77. The largest absolute Gasteiger partial charge is 0.339 e. The van der Waals surface area contributed by atoms with Crippen molar-refractivity contribution in [3.8, 4) is 6.07 Å². The number of hydrogen-bond donors (Lipinski definition) is 0. The summed E-state index contributed by atoms with van der Waals surface area (Å²) in [5.74, 6) is 1.55. The summed E-state index contributed by atoms with van der Waals surface area (Å²) in [6.45, 7) is 0. The van der Waals surface area contributed by atoms with Crippen LogP contribution in [0.15, 0.2) is 24.3 Å². The normalized spacial score (nSPS) is 29.3. The molecule has 2 fully saturated rings. The van der Waals surface area contributed by atoms with Gasteiger partial charge in [-0.2, -0.15) is 5.26 Å². The summed E-state index contributed by atoms with van der Waals surface area (Å²) in [7, 11) is 6.25. The Morgan fingerprint density at radius 3 is 2.26 bits per heavy atom. The van der Waals surface area contributed by atoms with Crippen LogP contribution in [0.5, 0.6) is 0 Å². The number of benzene rings is 1. The summed E-state index contributed by atoms with van der Waals surface area (Å²) in [5.41, 5.74) is 1.16. The van der Waals surface area contributed by atoms with Gasteiger partial charge in [0.25, 0.3) is 5.91 Å². The number of rotatable bonds is 3. The van der Waals surface area contributed by atoms with E-state index in [9.17, 15) is 4.79 Å². The van der Waals surface area contributed by atoms with E-state index in [0.717, 1.165) is 24.7 Å². The lowest BCUT2D eigenvalue weighted by molar-refractivity contribution is 0.0726. The fraction of sp³-hybridized carbons (Fsp3) is 0.579. The molecule has 4 atom stereocenters. The minimum atomic E-state index is 0.0382. The maximum Gasteiger partial charge on any atom is 0.253 e. The van der Waals surface area contributed by atoms with Gasteiger partial charge in [-0.3, -0.25) is 4.79 Å². The van der Waals surface area contributed by atoms with E-state index in [4.69, 9.17) is 5.26 Å². The number of carbonyl (C=O) groups is 1. The highest BCUT2D eigenvalue weighted by atomic mass is 16.2. The molecule has 2 saturated carbocycles. The van der Waals surface area contributed by atoms with E-state index >= 15 is 0 Å². The average Bonchev–Trinajstić information content (AvgIpc) is 3.12. The van der Waals surface area contributed by atoms with Crippen LogP contribution < -0.4 is 0 Å². The van der Waals surface area contributed by atoms with E-state index in [-0.39, 0.29) is 5.91 Å². The van der Waals surface area contributed by atoms with Crippen LogP contribution in [-0.2, 0) is 0 Å². The standard InChI is InChI=1S/C19H25N3O/c1-21(2)17-8-15-10-18(11-16(15)9-17)22(3)19(23)14-6-4-5-13(7-14)12-20/h4-7,15-18H,8-11H2,1-3H3/t15-,16+,17?,18?. The van der Waals surface area contributed by atoms with E-state index in [1.807, 2.05) is 11.9 Å². The molecule has 3 rings (SSSR count). The smallest absolute Gasteiger partial charge is 0.253 e. The van der Waals surface area contributed by atoms with Gasteiger partial charge in [-0.1, -0.05) is 6.07 Å². The molecule has 122 valence electrons. The van der Waals surface area contributed by atoms with Crippen molar-refractivity contribution in [1.82, 2.24) is 9.80 Å². The van der Waals surface area contributed by atoms with Crippen LogP contribution in [0.4, 0.5) is 0 Å². The Kier molecular flexibility index (Phi) is 4.41. The Balaban J connectivity index is 1.65. The molecule has 0 aliphatic heterocycles. The molecule has 0 heterocycles. The molecule has 1 aromatic carbocycles. The van der Waals surface area contributed by atoms with E-state index < -0.39 is 0 Å². The molecule has 4 heteroatoms. The number of carbonyl (C=O) groups excluding carboxylic acids is 1. The van der Waals surface area contributed by atoms with Gasteiger partial charge in [0.1, 0.15) is 0 Å². The van der Waals surface area contributed by atoms with Crippen LogP contribution in [-0.4, -0.2) is 48.9 Å². The molecule has 2 aliphatic rings. The number of nitrogens with zero attached hydrogens (tertiary/aromatic N) is 3. The van der Waals surface area contributed by atoms with E-state index in [1.165, 1.54) is 12.8 Å². The molecule has 2 unspecified atom stereocenters. The highest BCUT2D eigenvalue weighted by molar-refractivity contribution is 5.94. The third kappa shape index (κ3) is 3.11. The second-order valence-electron chi connectivity index (χ2n) is 7.34. The minimum Gasteiger partial charge on any atom is -0.339 e. The summed E-state index contributed by atoms with van der Waals surface area (Å²) in [5, 5.41) is 8.99. The van der Waals surface area contributed by atoms with Crippen molar-refractivity contribution in [2.45, 2.75) is 37.8 Å². The summed E-state index contributed by atoms with van der Waals surface area (Å²) < 4.78 is 0. The fourth-order valence-electron chi connectivity index (χ4n) is 4.38. The molecule has 1 amide bonds. The van der Waals surface area contributed by atoms with Crippen LogP contribution in [0.3, 0.4) is 0 Å². The minimum absolute atomic E-state index is 0.0382. The molecule has 0 N–H and O–H groups in total. The maximum atomic E-state index is 12.7. The summed E-state index contributed by atoms with van der Waals surface area (Å²) in [4.78, 5) is 16.9. The Morgan fingerprint density at radius 2 is 1.70 bits per heavy atom. The zero-order valence-corrected chi connectivity index (χ0v) is 14.2. The Hall–Kier alpha value is -1.86. The third-order valence-corrected chi connectivity index (χ3v) is 5.80. The van der Waals surface area contributed by atoms with Gasteiger partial charge in [-0.05, 0) is 69.8 Å². The molecule has 0 bridgehead atoms. The zero-order chi connectivity index (χ0) is 16.6. The van der Waals surface area contributed by atoms with Gasteiger partial charge in [0.2, 0.25) is 0 Å². The molecular formula is C19H25N3O. The van der Waals surface area contributed by atoms with Gasteiger partial charge in [0, 0.05) is 24.7 Å². The lowest BCUT2D eigenvalue weighted by Gasteiger charge is -2.27. The quantitative estimate of drug-likeness (QED) is 0.862. The molecule has 4 nitrogen and oxygen atoms in total. The van der Waals surface area contributed by atoms with Crippen LogP contribution in [0, 0.1) is 23.2 Å². The molecule has 0 radical (unpaired) electrons. The predicted octanol–water partition coefficient (Wildman–Crippen LogP) is 2.75. The average molecular weight is 311 g/mol. The van der Waals surface area contributed by atoms with Crippen molar-refractivity contribution in [1.29, 1.82) is 5.26 Å². The second-order valence-corrected chi connectivity index (χ2v) is 7.34. The van der Waals surface area contributed by atoms with Crippen LogP contribution in [0.1, 0.15) is 41.6 Å². The van der Waals surface area contributed by atoms with Gasteiger partial charge in [0.15, 0.2) is 0 Å². The fourth-order valence-corrected chi connectivity index (χ4v) is 4.38. The van der Waals surface area contributed by atoms with Gasteiger partial charge >= 0.3 is 0 Å². The number of hydrogen-bond acceptors (Lipinski definition) is 3. The van der Waals surface area contributed by atoms with Crippen LogP contribution >= 0.6 is 0 Å². The van der Waals surface area contributed by atoms with Gasteiger partial charge in [-0.15, -0.1) is 0 Å². The lowest BCUT2D eigenvalue weighted by Crippen LogP contribution is -2.36. The van der Waals surface area contributed by atoms with Crippen molar-refractivity contribution >= 4 is 5.91 Å². The van der Waals surface area contributed by atoms with E-state index in [0.29, 0.717) is 23.2 Å². The highest BCUT2D eigenvalue weighted by Crippen LogP contribution is 2.46. The number of fused-ring (bicyclic) bond motifs is 1. The van der Waals surface area contributed by atoms with Crippen LogP contribution in [0.2, 0.25) is 0 Å². The molecule has 0 spiro atoms. The molecular weight excluding hydrogens is 286 g/mol. The lowest BCUT2D eigenvalue weighted by atomic mass is 10.0. The summed E-state index contributed by atoms with van der Waals surface area (Å²) in [6, 6.07) is 10.2. The van der Waals surface area contributed by atoms with Crippen LogP contribution in [0.25, 0.3) is 0 Å². The first-order valence-corrected chi connectivity index (χ1v) is 8.43. The zero-order valence-electron chi connectivity index (χ0n) is 14.2. The van der Waals surface area contributed by atoms with Crippen molar-refractivity contribution in [3.05, 3.63) is 35.4 Å². The number of nitriles is 1. The monoisotopic (exact) mass is 311 g/mol. The highest BCUT2D eigenvalue weighted by Gasteiger charge is 2.44. The molecule has 2 aliphatic carbocycles. The number of amides is 1. The molecule has 0 saturated heterocycles. The Bertz CT molecular complexity index is 620. The van der Waals surface area contributed by atoms with E-state index in [2.05, 4.69) is 25.1 Å². The molecule has 23 heavy (non-hydrogen) atoms. The van der Waals surface area contributed by atoms with Crippen molar-refractivity contribution < 1.29 is 4.79 Å². The van der Waals surface area contributed by atoms with Gasteiger partial charge < -0.3 is 9.80 Å². The second kappa shape index (κ2) is 6.33. The first kappa shape index (κ1) is 16.0. The first-order valence-electron chi connectivity index (χ1n) is 8.43. The Morgan fingerprint density at radius 1 is 1.09 bits per heavy atom. The van der Waals surface area contributed by atoms with Crippen molar-refractivity contribution in [3.63, 3.8) is 0 Å². The SMILES string of the molecule is CN(C)C1C[C@@H]2CC(N(C)C(=O)c3cccc(C#N)c3)C[C@@H]2C1. The maximum absolute atomic E-state index is 12.7. The Labute approximate surface area is 138 Å². The molecule has 0 aromatic heterocycles.